The third-order valence-electron chi connectivity index (χ3n) is 4.67. The zero-order valence-corrected chi connectivity index (χ0v) is 11.3. The van der Waals surface area contributed by atoms with E-state index in [1.54, 1.807) is 12.5 Å². The van der Waals surface area contributed by atoms with Gasteiger partial charge in [-0.3, -0.25) is 0 Å². The second kappa shape index (κ2) is 3.95. The van der Waals surface area contributed by atoms with Crippen molar-refractivity contribution in [2.75, 3.05) is 13.1 Å². The number of aliphatic hydroxyl groups is 1. The van der Waals surface area contributed by atoms with Crippen molar-refractivity contribution >= 4 is 17.1 Å². The first-order chi connectivity index (χ1) is 9.16. The second-order valence-electron chi connectivity index (χ2n) is 5.88. The molecule has 3 heterocycles. The molecule has 1 aliphatic carbocycles. The second-order valence-corrected chi connectivity index (χ2v) is 6.31. The number of rotatable bonds is 1. The minimum Gasteiger partial charge on any atom is -0.385 e. The lowest BCUT2D eigenvalue weighted by molar-refractivity contribution is 0.0370. The molecule has 1 unspecified atom stereocenters. The topological polar surface area (TPSA) is 49.6 Å². The highest BCUT2D eigenvalue weighted by Crippen LogP contribution is 2.48. The number of halogens is 1. The number of pyridine rings is 1. The molecular formula is C14H16ClN3O. The zero-order chi connectivity index (χ0) is 13.0. The third kappa shape index (κ3) is 1.71. The Kier molecular flexibility index (Phi) is 2.43. The van der Waals surface area contributed by atoms with Crippen molar-refractivity contribution in [2.45, 2.75) is 18.4 Å². The van der Waals surface area contributed by atoms with Gasteiger partial charge in [0.2, 0.25) is 0 Å². The molecule has 0 spiro atoms. The van der Waals surface area contributed by atoms with Crippen molar-refractivity contribution in [1.29, 1.82) is 0 Å². The number of imidazole rings is 1. The van der Waals surface area contributed by atoms with Crippen LogP contribution in [0.2, 0.25) is 5.02 Å². The molecule has 19 heavy (non-hydrogen) atoms. The summed E-state index contributed by atoms with van der Waals surface area (Å²) in [4.78, 5) is 4.16. The van der Waals surface area contributed by atoms with Crippen molar-refractivity contribution in [3.05, 3.63) is 35.4 Å². The predicted octanol–water partition coefficient (Wildman–Crippen LogP) is 1.80. The summed E-state index contributed by atoms with van der Waals surface area (Å²) in [5.74, 6) is 1.15. The fraction of sp³-hybridized carbons (Fsp3) is 0.500. The average Bonchev–Trinajstić information content (AvgIpc) is 3.01. The van der Waals surface area contributed by atoms with E-state index in [9.17, 15) is 5.11 Å². The van der Waals surface area contributed by atoms with E-state index in [0.717, 1.165) is 37.0 Å². The van der Waals surface area contributed by atoms with Crippen LogP contribution in [0.3, 0.4) is 0 Å². The molecule has 2 fully saturated rings. The molecule has 100 valence electrons. The summed E-state index contributed by atoms with van der Waals surface area (Å²) in [5, 5.41) is 15.1. The molecule has 2 aliphatic rings. The summed E-state index contributed by atoms with van der Waals surface area (Å²) < 4.78 is 1.89. The van der Waals surface area contributed by atoms with Crippen LogP contribution >= 0.6 is 11.6 Å². The first kappa shape index (κ1) is 11.7. The monoisotopic (exact) mass is 277 g/mol. The van der Waals surface area contributed by atoms with Crippen LogP contribution in [0.25, 0.3) is 5.52 Å². The van der Waals surface area contributed by atoms with Gasteiger partial charge in [0.1, 0.15) is 0 Å². The maximum Gasteiger partial charge on any atom is 0.0992 e. The van der Waals surface area contributed by atoms with E-state index in [2.05, 4.69) is 10.3 Å². The minimum atomic E-state index is -0.760. The highest BCUT2D eigenvalue weighted by molar-refractivity contribution is 6.30. The number of hydrogen-bond acceptors (Lipinski definition) is 3. The third-order valence-corrected chi connectivity index (χ3v) is 4.87. The predicted molar refractivity (Wildman–Crippen MR) is 73.2 cm³/mol. The quantitative estimate of drug-likeness (QED) is 0.836. The van der Waals surface area contributed by atoms with Crippen LogP contribution in [0.5, 0.6) is 0 Å². The lowest BCUT2D eigenvalue weighted by Crippen LogP contribution is -2.26. The van der Waals surface area contributed by atoms with E-state index in [4.69, 9.17) is 11.6 Å². The molecular weight excluding hydrogens is 262 g/mol. The molecule has 0 radical (unpaired) electrons. The van der Waals surface area contributed by atoms with Crippen LogP contribution < -0.4 is 5.32 Å². The van der Waals surface area contributed by atoms with Crippen LogP contribution in [0.1, 0.15) is 18.4 Å². The fourth-order valence-electron chi connectivity index (χ4n) is 3.81. The van der Waals surface area contributed by atoms with E-state index in [-0.39, 0.29) is 0 Å². The Morgan fingerprint density at radius 3 is 2.84 bits per heavy atom. The highest BCUT2D eigenvalue weighted by Gasteiger charge is 2.47. The Hall–Kier alpha value is -1.10. The summed E-state index contributed by atoms with van der Waals surface area (Å²) >= 11 is 6.17. The van der Waals surface area contributed by atoms with Gasteiger partial charge < -0.3 is 14.8 Å². The van der Waals surface area contributed by atoms with Gasteiger partial charge in [-0.15, -0.1) is 0 Å². The molecule has 4 rings (SSSR count). The van der Waals surface area contributed by atoms with E-state index in [1.165, 1.54) is 0 Å². The molecule has 5 heteroatoms. The molecule has 0 amide bonds. The van der Waals surface area contributed by atoms with Gasteiger partial charge in [-0.2, -0.15) is 0 Å². The summed E-state index contributed by atoms with van der Waals surface area (Å²) in [6.45, 7) is 2.03. The van der Waals surface area contributed by atoms with Gasteiger partial charge in [0, 0.05) is 11.8 Å². The maximum atomic E-state index is 11.1. The van der Waals surface area contributed by atoms with Crippen LogP contribution in [0, 0.1) is 11.8 Å². The SMILES string of the molecule is OC1(c2cc(Cl)cn3cncc23)C[C@H]2CNC[C@H]2C1. The standard InChI is InChI=1S/C14H16ClN3O/c15-11-1-12(13-6-17-8-18(13)7-11)14(19)2-9-4-16-5-10(9)3-14/h1,6-10,16,19H,2-5H2/t9-,10+,14?. The van der Waals surface area contributed by atoms with E-state index >= 15 is 0 Å². The van der Waals surface area contributed by atoms with Gasteiger partial charge in [0.05, 0.1) is 28.7 Å². The molecule has 2 aromatic heterocycles. The first-order valence-corrected chi connectivity index (χ1v) is 7.08. The molecule has 4 nitrogen and oxygen atoms in total. The number of aromatic nitrogens is 2. The largest absolute Gasteiger partial charge is 0.385 e. The molecule has 1 saturated heterocycles. The summed E-state index contributed by atoms with van der Waals surface area (Å²) in [6, 6.07) is 1.90. The normalized spacial score (nSPS) is 34.0. The Labute approximate surface area is 116 Å². The maximum absolute atomic E-state index is 11.1. The first-order valence-electron chi connectivity index (χ1n) is 6.70. The summed E-state index contributed by atoms with van der Waals surface area (Å²) in [7, 11) is 0. The molecule has 0 bridgehead atoms. The smallest absolute Gasteiger partial charge is 0.0992 e. The Morgan fingerprint density at radius 1 is 1.37 bits per heavy atom. The van der Waals surface area contributed by atoms with Crippen molar-refractivity contribution in [1.82, 2.24) is 14.7 Å². The average molecular weight is 278 g/mol. The van der Waals surface area contributed by atoms with Crippen molar-refractivity contribution < 1.29 is 5.11 Å². The number of fused-ring (bicyclic) bond motifs is 2. The van der Waals surface area contributed by atoms with E-state index in [0.29, 0.717) is 16.9 Å². The minimum absolute atomic E-state index is 0.576. The van der Waals surface area contributed by atoms with Crippen LogP contribution in [-0.4, -0.2) is 27.6 Å². The number of hydrogen-bond donors (Lipinski definition) is 2. The number of nitrogens with one attached hydrogen (secondary N) is 1. The van der Waals surface area contributed by atoms with Gasteiger partial charge in [-0.1, -0.05) is 11.6 Å². The lowest BCUT2D eigenvalue weighted by atomic mass is 9.90. The van der Waals surface area contributed by atoms with Crippen molar-refractivity contribution in [3.8, 4) is 0 Å². The van der Waals surface area contributed by atoms with Gasteiger partial charge in [0.25, 0.3) is 0 Å². The fourth-order valence-corrected chi connectivity index (χ4v) is 4.02. The van der Waals surface area contributed by atoms with E-state index < -0.39 is 5.60 Å². The molecule has 1 aliphatic heterocycles. The van der Waals surface area contributed by atoms with Crippen LogP contribution in [0.4, 0.5) is 0 Å². The van der Waals surface area contributed by atoms with Gasteiger partial charge in [-0.05, 0) is 43.8 Å². The summed E-state index contributed by atoms with van der Waals surface area (Å²) in [6.07, 6.45) is 6.98. The Balaban J connectivity index is 1.83. The van der Waals surface area contributed by atoms with Crippen molar-refractivity contribution in [3.63, 3.8) is 0 Å². The molecule has 0 aromatic carbocycles. The van der Waals surface area contributed by atoms with Gasteiger partial charge in [0.15, 0.2) is 0 Å². The Bertz CT molecular complexity index is 627. The van der Waals surface area contributed by atoms with Gasteiger partial charge >= 0.3 is 0 Å². The van der Waals surface area contributed by atoms with Gasteiger partial charge in [-0.25, -0.2) is 4.98 Å². The van der Waals surface area contributed by atoms with Crippen LogP contribution in [0.15, 0.2) is 24.8 Å². The van der Waals surface area contributed by atoms with Crippen LogP contribution in [-0.2, 0) is 5.60 Å². The molecule has 2 aromatic rings. The van der Waals surface area contributed by atoms with Crippen molar-refractivity contribution in [2.24, 2.45) is 11.8 Å². The zero-order valence-electron chi connectivity index (χ0n) is 10.5. The highest BCUT2D eigenvalue weighted by atomic mass is 35.5. The van der Waals surface area contributed by atoms with E-state index in [1.807, 2.05) is 16.7 Å². The Morgan fingerprint density at radius 2 is 2.11 bits per heavy atom. The number of nitrogens with zero attached hydrogens (tertiary/aromatic N) is 2. The molecule has 1 saturated carbocycles. The lowest BCUT2D eigenvalue weighted by Gasteiger charge is -2.25. The molecule has 2 N–H and O–H groups in total. The molecule has 3 atom stereocenters. The summed E-state index contributed by atoms with van der Waals surface area (Å²) in [5.41, 5.74) is 1.12.